The normalized spacial score (nSPS) is 12.6. The van der Waals surface area contributed by atoms with Gasteiger partial charge < -0.3 is 0 Å². The van der Waals surface area contributed by atoms with Gasteiger partial charge in [0.1, 0.15) is 0 Å². The molecule has 290 valence electrons. The highest BCUT2D eigenvalue weighted by molar-refractivity contribution is 7.25. The summed E-state index contributed by atoms with van der Waals surface area (Å²) in [6.45, 7) is 0. The van der Waals surface area contributed by atoms with Crippen molar-refractivity contribution < 1.29 is 0 Å². The molecule has 12 rings (SSSR count). The smallest absolute Gasteiger partial charge is 0.160 e. The van der Waals surface area contributed by atoms with Gasteiger partial charge in [-0.15, -0.1) is 11.3 Å². The Morgan fingerprint density at radius 3 is 1.65 bits per heavy atom. The fourth-order valence-corrected chi connectivity index (χ4v) is 10.9. The third-order valence-corrected chi connectivity index (χ3v) is 13.7. The van der Waals surface area contributed by atoms with Crippen LogP contribution in [0.25, 0.3) is 87.5 Å². The van der Waals surface area contributed by atoms with Gasteiger partial charge in [0.05, 0.1) is 16.8 Å². The standard InChI is InChI=1S/C59H38N2S/c1-4-16-41(17-5-1)58-60-53(38-54(61-58)44-19-14-18-43(36-44)47-26-15-29-56-57(47)49-25-11-13-28-55(49)62-56)40-32-30-39(31-33-40)42-34-35-52-50(37-42)48-24-10-12-27-51(48)59(52,45-20-6-2-7-21-45)46-22-8-3-9-23-46/h1-38H. The molecule has 2 aromatic heterocycles. The lowest BCUT2D eigenvalue weighted by Crippen LogP contribution is -2.28. The molecular formula is C59H38N2S. The average molecular weight is 807 g/mol. The van der Waals surface area contributed by atoms with Crippen LogP contribution >= 0.6 is 11.3 Å². The third kappa shape index (κ3) is 5.85. The van der Waals surface area contributed by atoms with Crippen molar-refractivity contribution in [3.8, 4) is 67.3 Å². The van der Waals surface area contributed by atoms with Crippen LogP contribution in [0.2, 0.25) is 0 Å². The Labute approximate surface area is 365 Å². The van der Waals surface area contributed by atoms with Gasteiger partial charge >= 0.3 is 0 Å². The van der Waals surface area contributed by atoms with E-state index < -0.39 is 5.41 Å². The van der Waals surface area contributed by atoms with Crippen LogP contribution < -0.4 is 0 Å². The van der Waals surface area contributed by atoms with E-state index >= 15 is 0 Å². The van der Waals surface area contributed by atoms with Crippen molar-refractivity contribution in [3.63, 3.8) is 0 Å². The summed E-state index contributed by atoms with van der Waals surface area (Å²) in [7, 11) is 0. The van der Waals surface area contributed by atoms with Gasteiger partial charge in [-0.2, -0.15) is 0 Å². The molecule has 0 aliphatic heterocycles. The summed E-state index contributed by atoms with van der Waals surface area (Å²) < 4.78 is 2.60. The van der Waals surface area contributed by atoms with Crippen LogP contribution in [-0.4, -0.2) is 9.97 Å². The molecule has 0 unspecified atom stereocenters. The molecule has 1 aliphatic carbocycles. The number of hydrogen-bond donors (Lipinski definition) is 0. The van der Waals surface area contributed by atoms with E-state index in [0.717, 1.165) is 33.6 Å². The quantitative estimate of drug-likeness (QED) is 0.160. The van der Waals surface area contributed by atoms with Crippen LogP contribution in [0.15, 0.2) is 231 Å². The number of benzene rings is 9. The number of nitrogens with zero attached hydrogens (tertiary/aromatic N) is 2. The first kappa shape index (κ1) is 36.2. The SMILES string of the molecule is c1ccc(-c2nc(-c3ccc(-c4ccc5c(c4)-c4ccccc4C5(c4ccccc4)c4ccccc4)cc3)cc(-c3cccc(-c4cccc5sc6ccccc6c45)c3)n2)cc1. The predicted molar refractivity (Wildman–Crippen MR) is 259 cm³/mol. The fourth-order valence-electron chi connectivity index (χ4n) is 9.78. The van der Waals surface area contributed by atoms with Gasteiger partial charge in [-0.25, -0.2) is 9.97 Å². The number of fused-ring (bicyclic) bond motifs is 6. The summed E-state index contributed by atoms with van der Waals surface area (Å²) >= 11 is 1.85. The summed E-state index contributed by atoms with van der Waals surface area (Å²) in [5.41, 5.74) is 16.9. The lowest BCUT2D eigenvalue weighted by Gasteiger charge is -2.33. The van der Waals surface area contributed by atoms with E-state index in [1.807, 2.05) is 29.5 Å². The topological polar surface area (TPSA) is 25.8 Å². The Hall–Kier alpha value is -7.72. The molecule has 0 radical (unpaired) electrons. The van der Waals surface area contributed by atoms with Crippen molar-refractivity contribution in [3.05, 3.63) is 253 Å². The van der Waals surface area contributed by atoms with E-state index in [1.165, 1.54) is 70.2 Å². The van der Waals surface area contributed by atoms with Gasteiger partial charge in [0.15, 0.2) is 5.82 Å². The molecule has 0 atom stereocenters. The number of aromatic nitrogens is 2. The monoisotopic (exact) mass is 806 g/mol. The van der Waals surface area contributed by atoms with Crippen LogP contribution in [0.1, 0.15) is 22.3 Å². The first-order valence-electron chi connectivity index (χ1n) is 21.1. The van der Waals surface area contributed by atoms with Crippen molar-refractivity contribution >= 4 is 31.5 Å². The molecule has 1 aliphatic rings. The highest BCUT2D eigenvalue weighted by Crippen LogP contribution is 2.56. The van der Waals surface area contributed by atoms with Crippen molar-refractivity contribution in [1.29, 1.82) is 0 Å². The van der Waals surface area contributed by atoms with Crippen molar-refractivity contribution in [2.45, 2.75) is 5.41 Å². The van der Waals surface area contributed by atoms with Crippen LogP contribution in [0, 0.1) is 0 Å². The van der Waals surface area contributed by atoms with Crippen LogP contribution in [0.3, 0.4) is 0 Å². The van der Waals surface area contributed by atoms with Crippen molar-refractivity contribution in [2.24, 2.45) is 0 Å². The van der Waals surface area contributed by atoms with Gasteiger partial charge in [0.25, 0.3) is 0 Å². The molecule has 0 saturated heterocycles. The second kappa shape index (κ2) is 14.8. The molecule has 0 bridgehead atoms. The van der Waals surface area contributed by atoms with Crippen molar-refractivity contribution in [2.75, 3.05) is 0 Å². The second-order valence-corrected chi connectivity index (χ2v) is 17.1. The largest absolute Gasteiger partial charge is 0.228 e. The van der Waals surface area contributed by atoms with E-state index in [2.05, 4.69) is 212 Å². The second-order valence-electron chi connectivity index (χ2n) is 16.1. The Kier molecular flexibility index (Phi) is 8.62. The zero-order valence-electron chi connectivity index (χ0n) is 33.7. The van der Waals surface area contributed by atoms with Gasteiger partial charge in [-0.1, -0.05) is 200 Å². The van der Waals surface area contributed by atoms with Crippen LogP contribution in [0.4, 0.5) is 0 Å². The molecule has 3 heteroatoms. The predicted octanol–water partition coefficient (Wildman–Crippen LogP) is 15.5. The molecule has 9 aromatic carbocycles. The fraction of sp³-hybridized carbons (Fsp3) is 0.0169. The minimum atomic E-state index is -0.414. The molecular weight excluding hydrogens is 769 g/mol. The van der Waals surface area contributed by atoms with Gasteiger partial charge in [-0.05, 0) is 86.0 Å². The molecule has 0 fully saturated rings. The Bertz CT molecular complexity index is 3400. The number of rotatable bonds is 7. The van der Waals surface area contributed by atoms with E-state index in [1.54, 1.807) is 0 Å². The first-order chi connectivity index (χ1) is 30.7. The Morgan fingerprint density at radius 1 is 0.323 bits per heavy atom. The number of hydrogen-bond acceptors (Lipinski definition) is 3. The summed E-state index contributed by atoms with van der Waals surface area (Å²) in [4.78, 5) is 10.4. The van der Waals surface area contributed by atoms with Gasteiger partial charge in [-0.3, -0.25) is 0 Å². The van der Waals surface area contributed by atoms with Crippen molar-refractivity contribution in [1.82, 2.24) is 9.97 Å². The van der Waals surface area contributed by atoms with E-state index in [4.69, 9.17) is 9.97 Å². The maximum atomic E-state index is 5.20. The molecule has 0 N–H and O–H groups in total. The van der Waals surface area contributed by atoms with Crippen LogP contribution in [0.5, 0.6) is 0 Å². The first-order valence-corrected chi connectivity index (χ1v) is 22.0. The third-order valence-electron chi connectivity index (χ3n) is 12.6. The van der Waals surface area contributed by atoms with Crippen LogP contribution in [-0.2, 0) is 5.41 Å². The molecule has 0 saturated carbocycles. The van der Waals surface area contributed by atoms with E-state index in [-0.39, 0.29) is 0 Å². The summed E-state index contributed by atoms with van der Waals surface area (Å²) in [6, 6.07) is 83.4. The minimum absolute atomic E-state index is 0.414. The minimum Gasteiger partial charge on any atom is -0.228 e. The molecule has 0 spiro atoms. The molecule has 2 nitrogen and oxygen atoms in total. The Balaban J connectivity index is 0.946. The Morgan fingerprint density at radius 2 is 0.871 bits per heavy atom. The highest BCUT2D eigenvalue weighted by Gasteiger charge is 2.45. The molecule has 11 aromatic rings. The molecule has 0 amide bonds. The van der Waals surface area contributed by atoms with E-state index in [0.29, 0.717) is 5.82 Å². The van der Waals surface area contributed by atoms with Gasteiger partial charge in [0, 0.05) is 36.9 Å². The lowest BCUT2D eigenvalue weighted by atomic mass is 9.67. The number of thiophene rings is 1. The van der Waals surface area contributed by atoms with E-state index in [9.17, 15) is 0 Å². The summed E-state index contributed by atoms with van der Waals surface area (Å²) in [6.07, 6.45) is 0. The zero-order valence-corrected chi connectivity index (χ0v) is 34.6. The summed E-state index contributed by atoms with van der Waals surface area (Å²) in [5, 5.41) is 2.60. The average Bonchev–Trinajstić information content (AvgIpc) is 3.89. The molecule has 2 heterocycles. The molecule has 62 heavy (non-hydrogen) atoms. The maximum Gasteiger partial charge on any atom is 0.160 e. The lowest BCUT2D eigenvalue weighted by molar-refractivity contribution is 0.768. The highest BCUT2D eigenvalue weighted by atomic mass is 32.1. The van der Waals surface area contributed by atoms with Gasteiger partial charge in [0.2, 0.25) is 0 Å². The maximum absolute atomic E-state index is 5.20. The zero-order chi connectivity index (χ0) is 41.0. The summed E-state index contributed by atoms with van der Waals surface area (Å²) in [5.74, 6) is 0.705.